The molecule has 2 aliphatic rings. The van der Waals surface area contributed by atoms with Gasteiger partial charge in [0.1, 0.15) is 24.4 Å². The molecule has 0 aromatic heterocycles. The summed E-state index contributed by atoms with van der Waals surface area (Å²) in [4.78, 5) is 0. The van der Waals surface area contributed by atoms with Crippen molar-refractivity contribution in [2.45, 2.75) is 57.3 Å². The van der Waals surface area contributed by atoms with Crippen LogP contribution in [0.3, 0.4) is 0 Å². The number of ether oxygens (including phenoxy) is 4. The van der Waals surface area contributed by atoms with E-state index in [0.717, 1.165) is 11.1 Å². The number of fused-ring (bicyclic) bond motifs is 1. The summed E-state index contributed by atoms with van der Waals surface area (Å²) in [6, 6.07) is 20.3. The van der Waals surface area contributed by atoms with Crippen LogP contribution in [0.5, 0.6) is 0 Å². The van der Waals surface area contributed by atoms with Crippen LogP contribution in [0.1, 0.15) is 25.0 Å². The molecule has 2 aromatic rings. The minimum absolute atomic E-state index is 0.159. The van der Waals surface area contributed by atoms with Crippen molar-refractivity contribution < 1.29 is 18.9 Å². The minimum atomic E-state index is -0.649. The topological polar surface area (TPSA) is 36.9 Å². The van der Waals surface area contributed by atoms with E-state index in [9.17, 15) is 0 Å². The average molecular weight is 366 g/mol. The maximum Gasteiger partial charge on any atom is 0.164 e. The Morgan fingerprint density at radius 2 is 1.11 bits per heavy atom. The Hall–Kier alpha value is -1.98. The van der Waals surface area contributed by atoms with Crippen molar-refractivity contribution in [1.29, 1.82) is 0 Å². The molecule has 4 rings (SSSR count). The van der Waals surface area contributed by atoms with E-state index in [0.29, 0.717) is 13.2 Å². The Bertz CT molecular complexity index is 693. The molecule has 4 nitrogen and oxygen atoms in total. The van der Waals surface area contributed by atoms with Crippen LogP contribution in [0.15, 0.2) is 72.8 Å². The quantitative estimate of drug-likeness (QED) is 0.717. The number of benzene rings is 2. The Morgan fingerprint density at radius 3 is 1.52 bits per heavy atom. The highest BCUT2D eigenvalue weighted by Gasteiger charge is 2.50. The largest absolute Gasteiger partial charge is 0.367 e. The van der Waals surface area contributed by atoms with E-state index < -0.39 is 5.79 Å². The van der Waals surface area contributed by atoms with Crippen molar-refractivity contribution in [2.75, 3.05) is 0 Å². The van der Waals surface area contributed by atoms with Gasteiger partial charge < -0.3 is 18.9 Å². The van der Waals surface area contributed by atoms with E-state index in [1.807, 2.05) is 62.4 Å². The predicted octanol–water partition coefficient (Wildman–Crippen LogP) is 4.25. The van der Waals surface area contributed by atoms with Gasteiger partial charge in [-0.05, 0) is 25.0 Å². The second-order valence-corrected chi connectivity index (χ2v) is 7.47. The van der Waals surface area contributed by atoms with Crippen molar-refractivity contribution in [3.8, 4) is 0 Å². The van der Waals surface area contributed by atoms with Gasteiger partial charge in [-0.1, -0.05) is 72.8 Å². The first-order valence-electron chi connectivity index (χ1n) is 9.46. The van der Waals surface area contributed by atoms with Crippen molar-refractivity contribution in [1.82, 2.24) is 0 Å². The SMILES string of the molecule is CC1(C)O[C@H]2[C@H](O1)[C@@H](OCc1ccccc1)C=C[C@@H]2OCc1ccccc1. The van der Waals surface area contributed by atoms with Gasteiger partial charge in [-0.15, -0.1) is 0 Å². The van der Waals surface area contributed by atoms with E-state index in [4.69, 9.17) is 18.9 Å². The Morgan fingerprint density at radius 1 is 0.704 bits per heavy atom. The van der Waals surface area contributed by atoms with Crippen LogP contribution in [0, 0.1) is 0 Å². The molecule has 0 saturated carbocycles. The number of hydrogen-bond acceptors (Lipinski definition) is 4. The lowest BCUT2D eigenvalue weighted by Gasteiger charge is -2.32. The Labute approximate surface area is 160 Å². The third-order valence-corrected chi connectivity index (χ3v) is 4.87. The summed E-state index contributed by atoms with van der Waals surface area (Å²) >= 11 is 0. The Kier molecular flexibility index (Phi) is 5.41. The molecule has 0 bridgehead atoms. The molecule has 1 aliphatic carbocycles. The third kappa shape index (κ3) is 4.47. The first-order chi connectivity index (χ1) is 13.1. The smallest absolute Gasteiger partial charge is 0.164 e. The molecule has 1 aliphatic heterocycles. The van der Waals surface area contributed by atoms with Crippen molar-refractivity contribution in [3.63, 3.8) is 0 Å². The van der Waals surface area contributed by atoms with E-state index in [2.05, 4.69) is 24.3 Å². The standard InChI is InChI=1S/C23H26O4/c1-23(2)26-21-19(24-15-17-9-5-3-6-10-17)13-14-20(22(21)27-23)25-16-18-11-7-4-8-12-18/h3-14,19-22H,15-16H2,1-2H3/t19-,20-,21+,22+/m0/s1. The minimum Gasteiger partial charge on any atom is -0.367 e. The highest BCUT2D eigenvalue weighted by atomic mass is 16.8. The first-order valence-corrected chi connectivity index (χ1v) is 9.46. The van der Waals surface area contributed by atoms with Gasteiger partial charge in [-0.25, -0.2) is 0 Å². The third-order valence-electron chi connectivity index (χ3n) is 4.87. The van der Waals surface area contributed by atoms with E-state index >= 15 is 0 Å². The zero-order chi connectivity index (χ0) is 18.7. The van der Waals surface area contributed by atoms with Crippen LogP contribution in [0.2, 0.25) is 0 Å². The van der Waals surface area contributed by atoms with Gasteiger partial charge in [-0.2, -0.15) is 0 Å². The van der Waals surface area contributed by atoms with Gasteiger partial charge in [0.15, 0.2) is 5.79 Å². The second-order valence-electron chi connectivity index (χ2n) is 7.47. The molecule has 0 N–H and O–H groups in total. The fraction of sp³-hybridized carbons (Fsp3) is 0.391. The maximum absolute atomic E-state index is 6.16. The van der Waals surface area contributed by atoms with Crippen LogP contribution in [0.25, 0.3) is 0 Å². The van der Waals surface area contributed by atoms with Gasteiger partial charge in [0.2, 0.25) is 0 Å². The zero-order valence-corrected chi connectivity index (χ0v) is 15.8. The van der Waals surface area contributed by atoms with Crippen LogP contribution in [-0.4, -0.2) is 30.2 Å². The summed E-state index contributed by atoms with van der Waals surface area (Å²) < 4.78 is 24.6. The van der Waals surface area contributed by atoms with Gasteiger partial charge in [0.05, 0.1) is 13.2 Å². The molecule has 4 atom stereocenters. The van der Waals surface area contributed by atoms with Crippen LogP contribution < -0.4 is 0 Å². The van der Waals surface area contributed by atoms with E-state index in [1.165, 1.54) is 0 Å². The number of rotatable bonds is 6. The zero-order valence-electron chi connectivity index (χ0n) is 15.8. The molecule has 0 amide bonds. The molecule has 1 fully saturated rings. The second kappa shape index (κ2) is 7.95. The summed E-state index contributed by atoms with van der Waals surface area (Å²) in [7, 11) is 0. The normalized spacial score (nSPS) is 28.8. The fourth-order valence-electron chi connectivity index (χ4n) is 3.60. The van der Waals surface area contributed by atoms with Crippen molar-refractivity contribution in [3.05, 3.63) is 83.9 Å². The first kappa shape index (κ1) is 18.4. The summed E-state index contributed by atoms with van der Waals surface area (Å²) in [5, 5.41) is 0. The lowest BCUT2D eigenvalue weighted by Crippen LogP contribution is -2.46. The molecule has 4 heteroatoms. The molecule has 2 aromatic carbocycles. The molecule has 0 radical (unpaired) electrons. The van der Waals surface area contributed by atoms with Gasteiger partial charge >= 0.3 is 0 Å². The predicted molar refractivity (Wildman–Crippen MR) is 103 cm³/mol. The van der Waals surface area contributed by atoms with Crippen LogP contribution >= 0.6 is 0 Å². The lowest BCUT2D eigenvalue weighted by molar-refractivity contribution is -0.160. The average Bonchev–Trinajstić information content (AvgIpc) is 3.02. The molecular weight excluding hydrogens is 340 g/mol. The molecule has 142 valence electrons. The molecule has 0 unspecified atom stereocenters. The molecule has 27 heavy (non-hydrogen) atoms. The van der Waals surface area contributed by atoms with Gasteiger partial charge in [0, 0.05) is 0 Å². The summed E-state index contributed by atoms with van der Waals surface area (Å²) in [5.74, 6) is -0.649. The van der Waals surface area contributed by atoms with Gasteiger partial charge in [0.25, 0.3) is 0 Å². The molecular formula is C23H26O4. The summed E-state index contributed by atoms with van der Waals surface area (Å²) in [6.07, 6.45) is 3.40. The number of hydrogen-bond donors (Lipinski definition) is 0. The highest BCUT2D eigenvalue weighted by molar-refractivity contribution is 5.17. The molecule has 1 heterocycles. The van der Waals surface area contributed by atoms with Crippen LogP contribution in [0.4, 0.5) is 0 Å². The van der Waals surface area contributed by atoms with Gasteiger partial charge in [-0.3, -0.25) is 0 Å². The van der Waals surface area contributed by atoms with Crippen molar-refractivity contribution >= 4 is 0 Å². The lowest BCUT2D eigenvalue weighted by atomic mass is 9.96. The van der Waals surface area contributed by atoms with Crippen molar-refractivity contribution in [2.24, 2.45) is 0 Å². The fourth-order valence-corrected chi connectivity index (χ4v) is 3.60. The summed E-state index contributed by atoms with van der Waals surface area (Å²) in [6.45, 7) is 4.96. The molecule has 1 saturated heterocycles. The van der Waals surface area contributed by atoms with E-state index in [1.54, 1.807) is 0 Å². The molecule has 0 spiro atoms. The van der Waals surface area contributed by atoms with E-state index in [-0.39, 0.29) is 24.4 Å². The van der Waals surface area contributed by atoms with Crippen LogP contribution in [-0.2, 0) is 32.2 Å². The summed E-state index contributed by atoms with van der Waals surface area (Å²) in [5.41, 5.74) is 2.28. The highest BCUT2D eigenvalue weighted by Crippen LogP contribution is 2.37. The maximum atomic E-state index is 6.16. The Balaban J connectivity index is 1.44. The monoisotopic (exact) mass is 366 g/mol.